The van der Waals surface area contributed by atoms with Gasteiger partial charge in [-0.2, -0.15) is 0 Å². The van der Waals surface area contributed by atoms with Crippen molar-refractivity contribution in [1.82, 2.24) is 0 Å². The summed E-state index contributed by atoms with van der Waals surface area (Å²) in [5.74, 6) is 1.53. The van der Waals surface area contributed by atoms with Crippen LogP contribution in [0.4, 0.5) is 0 Å². The predicted molar refractivity (Wildman–Crippen MR) is 86.9 cm³/mol. The molecule has 0 atom stereocenters. The molecule has 0 spiro atoms. The highest BCUT2D eigenvalue weighted by Crippen LogP contribution is 2.62. The van der Waals surface area contributed by atoms with Crippen molar-refractivity contribution in [3.05, 3.63) is 28.3 Å². The number of aromatic hydroxyl groups is 1. The van der Waals surface area contributed by atoms with Crippen LogP contribution in [0.2, 0.25) is 0 Å². The van der Waals surface area contributed by atoms with Crippen molar-refractivity contribution in [3.8, 4) is 5.75 Å². The molecule has 0 radical (unpaired) electrons. The molecular weight excluding hydrogens is 288 g/mol. The van der Waals surface area contributed by atoms with E-state index in [1.807, 2.05) is 0 Å². The first kappa shape index (κ1) is 13.9. The van der Waals surface area contributed by atoms with Gasteiger partial charge in [0.1, 0.15) is 11.3 Å². The first-order valence-electron chi connectivity index (χ1n) is 9.17. The number of aryl methyl sites for hydroxylation is 1. The molecule has 2 N–H and O–H groups in total. The van der Waals surface area contributed by atoms with Gasteiger partial charge in [-0.15, -0.1) is 0 Å². The van der Waals surface area contributed by atoms with Gasteiger partial charge in [-0.25, -0.2) is 4.79 Å². The Bertz CT molecular complexity index is 668. The Labute approximate surface area is 136 Å². The van der Waals surface area contributed by atoms with Gasteiger partial charge < -0.3 is 10.2 Å². The number of carboxylic acids is 1. The van der Waals surface area contributed by atoms with Gasteiger partial charge in [0.2, 0.25) is 0 Å². The van der Waals surface area contributed by atoms with Crippen molar-refractivity contribution < 1.29 is 15.0 Å². The maximum Gasteiger partial charge on any atom is 0.339 e. The van der Waals surface area contributed by atoms with Gasteiger partial charge in [0.25, 0.3) is 0 Å². The number of rotatable bonds is 2. The number of carbonyl (C=O) groups is 1. The second-order valence-corrected chi connectivity index (χ2v) is 8.64. The van der Waals surface area contributed by atoms with Gasteiger partial charge in [0.05, 0.1) is 0 Å². The lowest BCUT2D eigenvalue weighted by atomic mass is 9.48. The molecule has 4 fully saturated rings. The van der Waals surface area contributed by atoms with E-state index in [9.17, 15) is 15.0 Å². The first-order chi connectivity index (χ1) is 11.1. The highest BCUT2D eigenvalue weighted by molar-refractivity contribution is 5.94. The zero-order chi connectivity index (χ0) is 15.8. The normalized spacial score (nSPS) is 37.1. The van der Waals surface area contributed by atoms with Gasteiger partial charge >= 0.3 is 5.97 Å². The minimum Gasteiger partial charge on any atom is -0.507 e. The molecule has 3 heteroatoms. The molecule has 0 saturated heterocycles. The number of hydrogen-bond donors (Lipinski definition) is 2. The fraction of sp³-hybridized carbons (Fsp3) is 0.650. The maximum absolute atomic E-state index is 11.8. The van der Waals surface area contributed by atoms with Crippen LogP contribution < -0.4 is 0 Å². The molecule has 3 nitrogen and oxygen atoms in total. The molecule has 5 aliphatic rings. The van der Waals surface area contributed by atoms with Crippen molar-refractivity contribution >= 4 is 5.97 Å². The summed E-state index contributed by atoms with van der Waals surface area (Å²) >= 11 is 0. The number of benzene rings is 1. The number of hydrogen-bond acceptors (Lipinski definition) is 2. The van der Waals surface area contributed by atoms with Crippen LogP contribution in [0, 0.1) is 17.8 Å². The molecule has 4 bridgehead atoms. The summed E-state index contributed by atoms with van der Waals surface area (Å²) in [6, 6.07) is 2.19. The lowest BCUT2D eigenvalue weighted by Crippen LogP contribution is -2.48. The molecule has 4 saturated carbocycles. The predicted octanol–water partition coefficient (Wildman–Crippen LogP) is 4.05. The SMILES string of the molecule is O=C(O)c1c(O)c(C23CC4CC(CC(C4)C2)C3)cc2c1CCC2. The Morgan fingerprint density at radius 3 is 2.22 bits per heavy atom. The lowest BCUT2D eigenvalue weighted by Gasteiger charge is -2.57. The average Bonchev–Trinajstić information content (AvgIpc) is 2.92. The Morgan fingerprint density at radius 1 is 1.04 bits per heavy atom. The van der Waals surface area contributed by atoms with Crippen LogP contribution in [0.25, 0.3) is 0 Å². The number of carboxylic acid groups (broad SMARTS) is 1. The fourth-order valence-corrected chi connectivity index (χ4v) is 6.81. The molecule has 0 heterocycles. The fourth-order valence-electron chi connectivity index (χ4n) is 6.81. The smallest absolute Gasteiger partial charge is 0.339 e. The Kier molecular flexibility index (Phi) is 2.73. The van der Waals surface area contributed by atoms with E-state index in [0.29, 0.717) is 0 Å². The maximum atomic E-state index is 11.8. The zero-order valence-corrected chi connectivity index (χ0v) is 13.5. The van der Waals surface area contributed by atoms with Crippen LogP contribution in [0.1, 0.15) is 72.0 Å². The van der Waals surface area contributed by atoms with Crippen LogP contribution in [-0.4, -0.2) is 16.2 Å². The molecule has 1 aromatic rings. The summed E-state index contributed by atoms with van der Waals surface area (Å²) in [5.41, 5.74) is 3.33. The molecule has 122 valence electrons. The molecule has 6 rings (SSSR count). The topological polar surface area (TPSA) is 57.5 Å². The van der Waals surface area contributed by atoms with E-state index in [2.05, 4.69) is 6.07 Å². The monoisotopic (exact) mass is 312 g/mol. The van der Waals surface area contributed by atoms with Crippen molar-refractivity contribution in [1.29, 1.82) is 0 Å². The van der Waals surface area contributed by atoms with E-state index >= 15 is 0 Å². The second kappa shape index (κ2) is 4.52. The van der Waals surface area contributed by atoms with Crippen molar-refractivity contribution in [2.24, 2.45) is 17.8 Å². The molecule has 0 amide bonds. The summed E-state index contributed by atoms with van der Waals surface area (Å²) in [7, 11) is 0. The van der Waals surface area contributed by atoms with Crippen LogP contribution in [-0.2, 0) is 18.3 Å². The molecule has 0 unspecified atom stereocenters. The van der Waals surface area contributed by atoms with Gasteiger partial charge in [-0.3, -0.25) is 0 Å². The third-order valence-electron chi connectivity index (χ3n) is 7.20. The van der Waals surface area contributed by atoms with Gasteiger partial charge in [-0.1, -0.05) is 6.07 Å². The van der Waals surface area contributed by atoms with E-state index in [1.54, 1.807) is 0 Å². The zero-order valence-electron chi connectivity index (χ0n) is 13.5. The summed E-state index contributed by atoms with van der Waals surface area (Å²) in [6.45, 7) is 0. The van der Waals surface area contributed by atoms with Crippen molar-refractivity contribution in [3.63, 3.8) is 0 Å². The molecule has 0 aromatic heterocycles. The third-order valence-corrected chi connectivity index (χ3v) is 7.20. The summed E-state index contributed by atoms with van der Waals surface area (Å²) in [4.78, 5) is 11.8. The molecule has 23 heavy (non-hydrogen) atoms. The van der Waals surface area contributed by atoms with Crippen molar-refractivity contribution in [2.75, 3.05) is 0 Å². The molecule has 5 aliphatic carbocycles. The second-order valence-electron chi connectivity index (χ2n) is 8.64. The number of fused-ring (bicyclic) bond motifs is 1. The van der Waals surface area contributed by atoms with Crippen LogP contribution in [0.15, 0.2) is 6.07 Å². The minimum atomic E-state index is -0.952. The quantitative estimate of drug-likeness (QED) is 0.866. The molecular formula is C20H24O3. The summed E-state index contributed by atoms with van der Waals surface area (Å²) in [5, 5.41) is 20.6. The van der Waals surface area contributed by atoms with E-state index < -0.39 is 5.97 Å². The first-order valence-corrected chi connectivity index (χ1v) is 9.17. The minimum absolute atomic E-state index is 0.0562. The lowest BCUT2D eigenvalue weighted by molar-refractivity contribution is -0.00621. The molecule has 0 aliphatic heterocycles. The van der Waals surface area contributed by atoms with Crippen LogP contribution in [0.5, 0.6) is 5.75 Å². The van der Waals surface area contributed by atoms with Gasteiger partial charge in [-0.05, 0) is 92.1 Å². The Hall–Kier alpha value is -1.51. The van der Waals surface area contributed by atoms with E-state index in [1.165, 1.54) is 24.8 Å². The van der Waals surface area contributed by atoms with Crippen LogP contribution in [0.3, 0.4) is 0 Å². The van der Waals surface area contributed by atoms with Crippen molar-refractivity contribution in [2.45, 2.75) is 63.2 Å². The highest BCUT2D eigenvalue weighted by atomic mass is 16.4. The standard InChI is InChI=1S/C20H24O3/c21-18-16(7-14-2-1-3-15(14)17(18)19(22)23)20-8-11-4-12(9-20)6-13(5-11)10-20/h7,11-13,21H,1-6,8-10H2,(H,22,23). The third kappa shape index (κ3) is 1.85. The van der Waals surface area contributed by atoms with E-state index in [-0.39, 0.29) is 16.7 Å². The summed E-state index contributed by atoms with van der Waals surface area (Å²) < 4.78 is 0. The largest absolute Gasteiger partial charge is 0.507 e. The Morgan fingerprint density at radius 2 is 1.65 bits per heavy atom. The van der Waals surface area contributed by atoms with E-state index in [0.717, 1.165) is 67.4 Å². The molecule has 1 aromatic carbocycles. The average molecular weight is 312 g/mol. The number of aromatic carboxylic acids is 1. The number of phenols is 1. The van der Waals surface area contributed by atoms with Gasteiger partial charge in [0.15, 0.2) is 0 Å². The van der Waals surface area contributed by atoms with E-state index in [4.69, 9.17) is 0 Å². The van der Waals surface area contributed by atoms with Crippen LogP contribution >= 0.6 is 0 Å². The summed E-state index contributed by atoms with van der Waals surface area (Å²) in [6.07, 6.45) is 10.3. The van der Waals surface area contributed by atoms with Gasteiger partial charge in [0, 0.05) is 5.56 Å². The Balaban J connectivity index is 1.69. The highest BCUT2D eigenvalue weighted by Gasteiger charge is 2.53.